The average Bonchev–Trinajstić information content (AvgIpc) is 2.75. The van der Waals surface area contributed by atoms with Crippen molar-refractivity contribution in [3.05, 3.63) is 56.5 Å². The molecule has 0 radical (unpaired) electrons. The Balaban J connectivity index is 2.12. The highest BCUT2D eigenvalue weighted by atomic mass is 127. The van der Waals surface area contributed by atoms with Gasteiger partial charge in [0, 0.05) is 3.57 Å². The molecule has 5 heteroatoms. The summed E-state index contributed by atoms with van der Waals surface area (Å²) in [6.07, 6.45) is 0.761. The van der Waals surface area contributed by atoms with Gasteiger partial charge < -0.3 is 4.42 Å². The van der Waals surface area contributed by atoms with E-state index in [4.69, 9.17) is 21.9 Å². The third kappa shape index (κ3) is 3.45. The van der Waals surface area contributed by atoms with E-state index in [1.807, 2.05) is 6.07 Å². The first-order valence-electron chi connectivity index (χ1n) is 5.15. The number of rotatable bonds is 4. The molecule has 0 aliphatic rings. The molecule has 0 amide bonds. The zero-order chi connectivity index (χ0) is 12.3. The van der Waals surface area contributed by atoms with Crippen LogP contribution in [0.2, 0.25) is 5.22 Å². The van der Waals surface area contributed by atoms with Gasteiger partial charge in [0.1, 0.15) is 5.76 Å². The number of hydrazine groups is 1. The van der Waals surface area contributed by atoms with E-state index in [0.29, 0.717) is 5.22 Å². The normalized spacial score (nSPS) is 12.6. The van der Waals surface area contributed by atoms with E-state index in [1.165, 1.54) is 9.13 Å². The summed E-state index contributed by atoms with van der Waals surface area (Å²) in [5.41, 5.74) is 3.94. The highest BCUT2D eigenvalue weighted by Gasteiger charge is 2.14. The summed E-state index contributed by atoms with van der Waals surface area (Å²) in [6.45, 7) is 0. The van der Waals surface area contributed by atoms with Crippen LogP contribution in [-0.4, -0.2) is 0 Å². The number of hydrogen-bond acceptors (Lipinski definition) is 3. The summed E-state index contributed by atoms with van der Waals surface area (Å²) < 4.78 is 6.57. The second-order valence-electron chi connectivity index (χ2n) is 3.69. The Hall–Kier alpha value is -0.560. The molecule has 2 aromatic rings. The van der Waals surface area contributed by atoms with Crippen LogP contribution < -0.4 is 11.3 Å². The Morgan fingerprint density at radius 2 is 1.94 bits per heavy atom. The summed E-state index contributed by atoms with van der Waals surface area (Å²) in [4.78, 5) is 0. The minimum atomic E-state index is -0.0671. The van der Waals surface area contributed by atoms with Crippen LogP contribution in [0, 0.1) is 3.57 Å². The van der Waals surface area contributed by atoms with Crippen LogP contribution in [0.3, 0.4) is 0 Å². The van der Waals surface area contributed by atoms with Gasteiger partial charge in [0.2, 0.25) is 0 Å². The Morgan fingerprint density at radius 3 is 2.47 bits per heavy atom. The Morgan fingerprint density at radius 1 is 1.24 bits per heavy atom. The molecule has 0 aliphatic heterocycles. The number of nitrogens with two attached hydrogens (primary N) is 1. The van der Waals surface area contributed by atoms with E-state index in [2.05, 4.69) is 52.3 Å². The molecule has 0 aliphatic carbocycles. The van der Waals surface area contributed by atoms with Gasteiger partial charge in [-0.25, -0.2) is 5.43 Å². The first-order chi connectivity index (χ1) is 8.19. The quantitative estimate of drug-likeness (QED) is 0.498. The first kappa shape index (κ1) is 12.9. The lowest BCUT2D eigenvalue weighted by atomic mass is 10.0. The van der Waals surface area contributed by atoms with Crippen LogP contribution in [0.4, 0.5) is 0 Å². The largest absolute Gasteiger partial charge is 0.448 e. The van der Waals surface area contributed by atoms with Crippen molar-refractivity contribution in [2.24, 2.45) is 5.84 Å². The Bertz CT molecular complexity index is 484. The van der Waals surface area contributed by atoms with Crippen LogP contribution in [0.5, 0.6) is 0 Å². The van der Waals surface area contributed by atoms with Crippen LogP contribution in [0.25, 0.3) is 0 Å². The molecule has 1 aromatic heterocycles. The van der Waals surface area contributed by atoms with Gasteiger partial charge in [0.05, 0.1) is 6.04 Å². The molecule has 0 fully saturated rings. The molecule has 0 bridgehead atoms. The predicted molar refractivity (Wildman–Crippen MR) is 76.6 cm³/mol. The molecule has 1 atom stereocenters. The molecule has 0 saturated carbocycles. The fourth-order valence-electron chi connectivity index (χ4n) is 1.61. The maximum atomic E-state index is 5.75. The lowest BCUT2D eigenvalue weighted by Gasteiger charge is -2.13. The summed E-state index contributed by atoms with van der Waals surface area (Å²) in [5.74, 6) is 6.28. The zero-order valence-electron chi connectivity index (χ0n) is 8.99. The number of benzene rings is 1. The van der Waals surface area contributed by atoms with E-state index in [1.54, 1.807) is 6.07 Å². The first-order valence-corrected chi connectivity index (χ1v) is 6.60. The lowest BCUT2D eigenvalue weighted by Crippen LogP contribution is -2.29. The molecule has 1 heterocycles. The van der Waals surface area contributed by atoms with Gasteiger partial charge in [-0.2, -0.15) is 0 Å². The summed E-state index contributed by atoms with van der Waals surface area (Å²) in [7, 11) is 0. The molecule has 2 rings (SSSR count). The van der Waals surface area contributed by atoms with Crippen molar-refractivity contribution in [1.82, 2.24) is 5.43 Å². The van der Waals surface area contributed by atoms with Crippen LogP contribution in [0.15, 0.2) is 40.8 Å². The van der Waals surface area contributed by atoms with E-state index in [0.717, 1.165) is 12.2 Å². The molecule has 3 nitrogen and oxygen atoms in total. The summed E-state index contributed by atoms with van der Waals surface area (Å²) >= 11 is 8.03. The topological polar surface area (TPSA) is 51.2 Å². The van der Waals surface area contributed by atoms with Gasteiger partial charge in [0.25, 0.3) is 0 Å². The van der Waals surface area contributed by atoms with Crippen LogP contribution in [-0.2, 0) is 6.42 Å². The molecule has 90 valence electrons. The predicted octanol–water partition coefficient (Wildman–Crippen LogP) is 3.28. The maximum Gasteiger partial charge on any atom is 0.193 e. The van der Waals surface area contributed by atoms with Gasteiger partial charge in [-0.05, 0) is 70.4 Å². The smallest absolute Gasteiger partial charge is 0.193 e. The number of hydrogen-bond donors (Lipinski definition) is 2. The van der Waals surface area contributed by atoms with Crippen LogP contribution in [0.1, 0.15) is 17.4 Å². The zero-order valence-corrected chi connectivity index (χ0v) is 11.9. The monoisotopic (exact) mass is 362 g/mol. The number of furan rings is 1. The molecular formula is C12H12ClIN2O. The minimum Gasteiger partial charge on any atom is -0.448 e. The van der Waals surface area contributed by atoms with Gasteiger partial charge in [-0.3, -0.25) is 5.84 Å². The highest BCUT2D eigenvalue weighted by molar-refractivity contribution is 14.1. The molecule has 17 heavy (non-hydrogen) atoms. The van der Waals surface area contributed by atoms with Gasteiger partial charge in [-0.1, -0.05) is 12.1 Å². The van der Waals surface area contributed by atoms with Gasteiger partial charge in [-0.15, -0.1) is 0 Å². The average molecular weight is 363 g/mol. The summed E-state index contributed by atoms with van der Waals surface area (Å²) in [5, 5.41) is 0.378. The fraction of sp³-hybridized carbons (Fsp3) is 0.167. The molecule has 0 spiro atoms. The second kappa shape index (κ2) is 5.86. The van der Waals surface area contributed by atoms with Crippen molar-refractivity contribution in [2.45, 2.75) is 12.5 Å². The summed E-state index contributed by atoms with van der Waals surface area (Å²) in [6, 6.07) is 11.8. The minimum absolute atomic E-state index is 0.0671. The van der Waals surface area contributed by atoms with E-state index in [-0.39, 0.29) is 6.04 Å². The standard InChI is InChI=1S/C12H12ClIN2O/c13-12-6-5-11(17-12)10(16-15)7-8-1-3-9(14)4-2-8/h1-6,10,16H,7,15H2. The van der Waals surface area contributed by atoms with E-state index < -0.39 is 0 Å². The number of halogens is 2. The maximum absolute atomic E-state index is 5.75. The van der Waals surface area contributed by atoms with Gasteiger partial charge in [0.15, 0.2) is 5.22 Å². The molecule has 1 unspecified atom stereocenters. The molecule has 0 saturated heterocycles. The van der Waals surface area contributed by atoms with E-state index >= 15 is 0 Å². The second-order valence-corrected chi connectivity index (χ2v) is 5.31. The van der Waals surface area contributed by atoms with E-state index in [9.17, 15) is 0 Å². The van der Waals surface area contributed by atoms with Crippen molar-refractivity contribution in [2.75, 3.05) is 0 Å². The van der Waals surface area contributed by atoms with Crippen molar-refractivity contribution in [3.63, 3.8) is 0 Å². The molecule has 1 aromatic carbocycles. The molecule has 3 N–H and O–H groups in total. The Labute approximate surface area is 118 Å². The SMILES string of the molecule is NNC(Cc1ccc(I)cc1)c1ccc(Cl)o1. The van der Waals surface area contributed by atoms with Crippen molar-refractivity contribution >= 4 is 34.2 Å². The van der Waals surface area contributed by atoms with Crippen LogP contribution >= 0.6 is 34.2 Å². The van der Waals surface area contributed by atoms with Crippen molar-refractivity contribution in [3.8, 4) is 0 Å². The third-order valence-electron chi connectivity index (χ3n) is 2.49. The number of nitrogens with one attached hydrogen (secondary N) is 1. The fourth-order valence-corrected chi connectivity index (χ4v) is 2.13. The van der Waals surface area contributed by atoms with Crippen molar-refractivity contribution < 1.29 is 4.42 Å². The van der Waals surface area contributed by atoms with Gasteiger partial charge >= 0.3 is 0 Å². The highest BCUT2D eigenvalue weighted by Crippen LogP contribution is 2.22. The molecular weight excluding hydrogens is 351 g/mol. The Kier molecular flexibility index (Phi) is 4.44. The van der Waals surface area contributed by atoms with Crippen molar-refractivity contribution in [1.29, 1.82) is 0 Å². The lowest BCUT2D eigenvalue weighted by molar-refractivity contribution is 0.417. The third-order valence-corrected chi connectivity index (χ3v) is 3.41.